The Kier molecular flexibility index (Phi) is 8.98. The molecule has 1 aliphatic heterocycles. The van der Waals surface area contributed by atoms with Crippen LogP contribution in [0.5, 0.6) is 11.5 Å². The summed E-state index contributed by atoms with van der Waals surface area (Å²) in [6.07, 6.45) is 9.82. The summed E-state index contributed by atoms with van der Waals surface area (Å²) >= 11 is 0. The zero-order valence-corrected chi connectivity index (χ0v) is 22.7. The topological polar surface area (TPSA) is 27.7 Å². The van der Waals surface area contributed by atoms with E-state index in [2.05, 4.69) is 36.9 Å². The Labute approximate surface area is 230 Å². The molecule has 0 bridgehead atoms. The number of ether oxygens (including phenoxy) is 3. The molecular formula is C34H38F2O3. The van der Waals surface area contributed by atoms with Crippen LogP contribution >= 0.6 is 0 Å². The Bertz CT molecular complexity index is 1220. The summed E-state index contributed by atoms with van der Waals surface area (Å²) in [5.41, 5.74) is 4.32. The van der Waals surface area contributed by atoms with Crippen molar-refractivity contribution in [2.45, 2.75) is 58.2 Å². The number of hydrogen-bond donors (Lipinski definition) is 0. The minimum atomic E-state index is -1.04. The largest absolute Gasteiger partial charge is 0.491 e. The first-order valence-corrected chi connectivity index (χ1v) is 14.2. The average Bonchev–Trinajstić information content (AvgIpc) is 3.00. The molecule has 2 aliphatic rings. The van der Waals surface area contributed by atoms with Gasteiger partial charge < -0.3 is 14.2 Å². The molecular weight excluding hydrogens is 494 g/mol. The van der Waals surface area contributed by atoms with Crippen LogP contribution in [0.1, 0.15) is 62.7 Å². The van der Waals surface area contributed by atoms with Crippen molar-refractivity contribution in [1.29, 1.82) is 0 Å². The third kappa shape index (κ3) is 6.52. The molecule has 1 saturated carbocycles. The van der Waals surface area contributed by atoms with Crippen molar-refractivity contribution in [2.75, 3.05) is 13.2 Å². The smallest absolute Gasteiger partial charge is 0.204 e. The van der Waals surface area contributed by atoms with Crippen molar-refractivity contribution in [1.82, 2.24) is 0 Å². The van der Waals surface area contributed by atoms with E-state index in [0.717, 1.165) is 35.6 Å². The summed E-state index contributed by atoms with van der Waals surface area (Å²) in [5, 5.41) is 0. The van der Waals surface area contributed by atoms with Crippen molar-refractivity contribution in [2.24, 2.45) is 17.8 Å². The van der Waals surface area contributed by atoms with Gasteiger partial charge in [0.15, 0.2) is 11.5 Å². The van der Waals surface area contributed by atoms with Crippen LogP contribution in [0.4, 0.5) is 8.78 Å². The first-order chi connectivity index (χ1) is 19.1. The fraction of sp³-hybridized carbons (Fsp3) is 0.412. The van der Waals surface area contributed by atoms with E-state index in [1.165, 1.54) is 49.8 Å². The molecule has 1 heterocycles. The number of rotatable bonds is 9. The van der Waals surface area contributed by atoms with E-state index in [0.29, 0.717) is 11.8 Å². The van der Waals surface area contributed by atoms with Gasteiger partial charge in [-0.2, -0.15) is 8.78 Å². The molecule has 0 radical (unpaired) electrons. The first kappa shape index (κ1) is 27.4. The normalized spacial score (nSPS) is 23.3. The summed E-state index contributed by atoms with van der Waals surface area (Å²) < 4.78 is 45.3. The average molecular weight is 533 g/mol. The highest BCUT2D eigenvalue weighted by molar-refractivity contribution is 5.64. The Hall–Kier alpha value is -3.18. The Morgan fingerprint density at radius 1 is 0.769 bits per heavy atom. The van der Waals surface area contributed by atoms with E-state index in [1.807, 2.05) is 24.3 Å². The predicted molar refractivity (Wildman–Crippen MR) is 151 cm³/mol. The van der Waals surface area contributed by atoms with Crippen LogP contribution in [-0.2, 0) is 11.3 Å². The minimum Gasteiger partial charge on any atom is -0.491 e. The van der Waals surface area contributed by atoms with Gasteiger partial charge in [0.2, 0.25) is 11.6 Å². The number of benzene rings is 3. The van der Waals surface area contributed by atoms with Crippen LogP contribution in [0.2, 0.25) is 0 Å². The van der Waals surface area contributed by atoms with E-state index in [9.17, 15) is 8.78 Å². The van der Waals surface area contributed by atoms with Crippen molar-refractivity contribution < 1.29 is 23.0 Å². The van der Waals surface area contributed by atoms with E-state index in [4.69, 9.17) is 14.2 Å². The molecule has 5 rings (SSSR count). The van der Waals surface area contributed by atoms with Gasteiger partial charge in [-0.05, 0) is 97.6 Å². The van der Waals surface area contributed by atoms with Crippen molar-refractivity contribution in [3.63, 3.8) is 0 Å². The fourth-order valence-electron chi connectivity index (χ4n) is 6.00. The van der Waals surface area contributed by atoms with Crippen LogP contribution < -0.4 is 9.47 Å². The number of halogens is 2. The highest BCUT2D eigenvalue weighted by Gasteiger charge is 2.31. The zero-order chi connectivity index (χ0) is 27.2. The van der Waals surface area contributed by atoms with Gasteiger partial charge in [-0.1, -0.05) is 54.6 Å². The third-order valence-corrected chi connectivity index (χ3v) is 8.40. The van der Waals surface area contributed by atoms with Gasteiger partial charge in [-0.3, -0.25) is 0 Å². The molecule has 0 spiro atoms. The van der Waals surface area contributed by atoms with Crippen LogP contribution in [0, 0.1) is 29.4 Å². The van der Waals surface area contributed by atoms with E-state index < -0.39 is 11.6 Å². The highest BCUT2D eigenvalue weighted by atomic mass is 19.2. The number of allylic oxidation sites excluding steroid dienone is 1. The molecule has 1 saturated heterocycles. The zero-order valence-electron chi connectivity index (χ0n) is 22.7. The van der Waals surface area contributed by atoms with Gasteiger partial charge in [0.05, 0.1) is 19.3 Å². The number of hydrogen-bond acceptors (Lipinski definition) is 3. The van der Waals surface area contributed by atoms with E-state index in [1.54, 1.807) is 6.92 Å². The third-order valence-electron chi connectivity index (χ3n) is 8.40. The van der Waals surface area contributed by atoms with Crippen molar-refractivity contribution in [3.05, 3.63) is 96.1 Å². The van der Waals surface area contributed by atoms with Crippen LogP contribution in [0.3, 0.4) is 0 Å². The fourth-order valence-corrected chi connectivity index (χ4v) is 6.00. The maximum absolute atomic E-state index is 14.3. The molecule has 3 nitrogen and oxygen atoms in total. The second-order valence-electron chi connectivity index (χ2n) is 10.8. The second-order valence-corrected chi connectivity index (χ2v) is 10.8. The van der Waals surface area contributed by atoms with Gasteiger partial charge in [0.25, 0.3) is 0 Å². The van der Waals surface area contributed by atoms with Gasteiger partial charge in [0.1, 0.15) is 6.61 Å². The molecule has 2 atom stereocenters. The lowest BCUT2D eigenvalue weighted by Crippen LogP contribution is -2.29. The molecule has 5 heteroatoms. The monoisotopic (exact) mass is 532 g/mol. The molecule has 3 aromatic rings. The van der Waals surface area contributed by atoms with E-state index in [-0.39, 0.29) is 30.8 Å². The lowest BCUT2D eigenvalue weighted by molar-refractivity contribution is -0.0395. The maximum atomic E-state index is 14.3. The van der Waals surface area contributed by atoms with Crippen LogP contribution in [-0.4, -0.2) is 13.2 Å². The van der Waals surface area contributed by atoms with Gasteiger partial charge in [-0.25, -0.2) is 0 Å². The first-order valence-electron chi connectivity index (χ1n) is 14.2. The predicted octanol–water partition coefficient (Wildman–Crippen LogP) is 9.07. The van der Waals surface area contributed by atoms with Crippen LogP contribution in [0.25, 0.3) is 11.1 Å². The summed E-state index contributed by atoms with van der Waals surface area (Å²) in [6, 6.07) is 19.3. The molecule has 206 valence electrons. The summed E-state index contributed by atoms with van der Waals surface area (Å²) in [4.78, 5) is 0. The molecule has 2 fully saturated rings. The maximum Gasteiger partial charge on any atom is 0.204 e. The molecule has 0 amide bonds. The lowest BCUT2D eigenvalue weighted by atomic mass is 9.73. The quantitative estimate of drug-likeness (QED) is 0.257. The Morgan fingerprint density at radius 2 is 1.36 bits per heavy atom. The molecule has 1 aliphatic carbocycles. The molecule has 3 aromatic carbocycles. The van der Waals surface area contributed by atoms with E-state index >= 15 is 0 Å². The summed E-state index contributed by atoms with van der Waals surface area (Å²) in [7, 11) is 0. The standard InChI is InChI=1S/C34H38F2O3/c1-3-23-5-9-27(10-6-23)29-17-18-30(39-22-29)28-15-13-26(14-16-28)25-11-7-24(8-12-25)21-38-32-20-19-31(37-4-2)33(35)34(32)36/h3,7-8,11-16,19-20,23,27,29-30H,1,4-6,9-10,17-18,21-22H2,2H3. The molecule has 0 aromatic heterocycles. The van der Waals surface area contributed by atoms with Crippen molar-refractivity contribution in [3.8, 4) is 22.6 Å². The lowest BCUT2D eigenvalue weighted by Gasteiger charge is -2.37. The SMILES string of the molecule is C=CC1CCC(C2CCC(c3ccc(-c4ccc(COc5ccc(OCC)c(F)c5F)cc4)cc3)OC2)CC1. The highest BCUT2D eigenvalue weighted by Crippen LogP contribution is 2.41. The second kappa shape index (κ2) is 12.8. The van der Waals surface area contributed by atoms with Gasteiger partial charge >= 0.3 is 0 Å². The molecule has 0 N–H and O–H groups in total. The minimum absolute atomic E-state index is 0.112. The molecule has 2 unspecified atom stereocenters. The summed E-state index contributed by atoms with van der Waals surface area (Å²) in [5.74, 6) is -0.104. The Morgan fingerprint density at radius 3 is 1.92 bits per heavy atom. The Balaban J connectivity index is 1.13. The van der Waals surface area contributed by atoms with Gasteiger partial charge in [-0.15, -0.1) is 6.58 Å². The van der Waals surface area contributed by atoms with Crippen LogP contribution in [0.15, 0.2) is 73.3 Å². The van der Waals surface area contributed by atoms with Crippen molar-refractivity contribution >= 4 is 0 Å². The summed E-state index contributed by atoms with van der Waals surface area (Å²) in [6.45, 7) is 6.96. The van der Waals surface area contributed by atoms with Gasteiger partial charge in [0, 0.05) is 0 Å². The molecule has 39 heavy (non-hydrogen) atoms.